The number of aliphatic hydroxyl groups excluding tert-OH is 1. The number of nitrogens with zero attached hydrogens (tertiary/aromatic N) is 2. The third kappa shape index (κ3) is 2.87. The third-order valence-electron chi connectivity index (χ3n) is 4.43. The number of fused-ring (bicyclic) bond motifs is 1. The predicted molar refractivity (Wildman–Crippen MR) is 85.4 cm³/mol. The lowest BCUT2D eigenvalue weighted by molar-refractivity contribution is 0.115. The molecular formula is C17H23N3O. The predicted octanol–water partition coefficient (Wildman–Crippen LogP) is 2.32. The summed E-state index contributed by atoms with van der Waals surface area (Å²) < 4.78 is 2.15. The van der Waals surface area contributed by atoms with E-state index < -0.39 is 0 Å². The van der Waals surface area contributed by atoms with E-state index in [1.165, 1.54) is 16.6 Å². The van der Waals surface area contributed by atoms with Crippen molar-refractivity contribution < 1.29 is 5.11 Å². The van der Waals surface area contributed by atoms with Crippen molar-refractivity contribution in [3.8, 4) is 0 Å². The van der Waals surface area contributed by atoms with Gasteiger partial charge in [0.1, 0.15) is 0 Å². The molecule has 0 aliphatic carbocycles. The van der Waals surface area contributed by atoms with E-state index in [2.05, 4.69) is 53.0 Å². The summed E-state index contributed by atoms with van der Waals surface area (Å²) in [6.07, 6.45) is 7.76. The van der Waals surface area contributed by atoms with E-state index >= 15 is 0 Å². The molecule has 1 saturated heterocycles. The molecule has 2 atom stereocenters. The van der Waals surface area contributed by atoms with Crippen molar-refractivity contribution in [3.63, 3.8) is 0 Å². The van der Waals surface area contributed by atoms with Crippen molar-refractivity contribution in [2.45, 2.75) is 45.4 Å². The van der Waals surface area contributed by atoms with Crippen LogP contribution in [0.2, 0.25) is 0 Å². The number of benzene rings is 1. The molecule has 4 heteroatoms. The van der Waals surface area contributed by atoms with Crippen LogP contribution in [0.15, 0.2) is 30.6 Å². The van der Waals surface area contributed by atoms with E-state index in [9.17, 15) is 5.11 Å². The van der Waals surface area contributed by atoms with Gasteiger partial charge in [-0.25, -0.2) is 4.98 Å². The van der Waals surface area contributed by atoms with E-state index in [0.717, 1.165) is 31.4 Å². The summed E-state index contributed by atoms with van der Waals surface area (Å²) in [7, 11) is 0. The number of aliphatic hydroxyl groups is 1. The summed E-state index contributed by atoms with van der Waals surface area (Å²) in [5.74, 6) is 0. The van der Waals surface area contributed by atoms with Crippen molar-refractivity contribution in [2.75, 3.05) is 6.54 Å². The highest BCUT2D eigenvalue weighted by Gasteiger charge is 2.19. The molecule has 0 unspecified atom stereocenters. The lowest BCUT2D eigenvalue weighted by Crippen LogP contribution is -2.43. The van der Waals surface area contributed by atoms with Gasteiger partial charge in [-0.1, -0.05) is 18.2 Å². The number of nitrogens with one attached hydrogen (secondary N) is 1. The van der Waals surface area contributed by atoms with Gasteiger partial charge in [0, 0.05) is 6.54 Å². The molecule has 1 aliphatic rings. The Balaban J connectivity index is 1.75. The topological polar surface area (TPSA) is 50.1 Å². The van der Waals surface area contributed by atoms with Crippen molar-refractivity contribution in [1.82, 2.24) is 14.9 Å². The number of imidazole rings is 1. The largest absolute Gasteiger partial charge is 0.391 e. The van der Waals surface area contributed by atoms with Crippen LogP contribution in [-0.2, 0) is 6.54 Å². The summed E-state index contributed by atoms with van der Waals surface area (Å²) in [6.45, 7) is 6.00. The number of hydrogen-bond donors (Lipinski definition) is 2. The molecule has 3 rings (SSSR count). The van der Waals surface area contributed by atoms with Crippen LogP contribution < -0.4 is 5.32 Å². The molecule has 1 aromatic carbocycles. The Morgan fingerprint density at radius 3 is 3.10 bits per heavy atom. The highest BCUT2D eigenvalue weighted by atomic mass is 16.3. The van der Waals surface area contributed by atoms with Crippen molar-refractivity contribution in [3.05, 3.63) is 41.7 Å². The molecule has 21 heavy (non-hydrogen) atoms. The smallest absolute Gasteiger partial charge is 0.0961 e. The first-order valence-corrected chi connectivity index (χ1v) is 7.66. The second kappa shape index (κ2) is 6.00. The molecule has 112 valence electrons. The van der Waals surface area contributed by atoms with Crippen LogP contribution >= 0.6 is 0 Å². The van der Waals surface area contributed by atoms with Gasteiger partial charge >= 0.3 is 0 Å². The van der Waals surface area contributed by atoms with Crippen molar-refractivity contribution in [2.24, 2.45) is 0 Å². The average Bonchev–Trinajstić information content (AvgIpc) is 2.89. The monoisotopic (exact) mass is 285 g/mol. The van der Waals surface area contributed by atoms with Crippen LogP contribution in [0.3, 0.4) is 0 Å². The number of piperidine rings is 1. The molecule has 0 amide bonds. The molecule has 2 N–H and O–H groups in total. The number of rotatable bonds is 3. The lowest BCUT2D eigenvalue weighted by atomic mass is 10.0. The fourth-order valence-corrected chi connectivity index (χ4v) is 2.93. The molecule has 1 aliphatic heterocycles. The summed E-state index contributed by atoms with van der Waals surface area (Å²) in [6, 6.07) is 4.36. The highest BCUT2D eigenvalue weighted by Crippen LogP contribution is 2.20. The fraction of sp³-hybridized carbons (Fsp3) is 0.471. The first-order chi connectivity index (χ1) is 10.2. The zero-order valence-electron chi connectivity index (χ0n) is 12.7. The molecule has 1 fully saturated rings. The Kier molecular flexibility index (Phi) is 4.08. The number of aromatic nitrogens is 2. The number of aryl methyl sites for hydroxylation is 2. The molecule has 0 saturated carbocycles. The Bertz CT molecular complexity index is 659. The van der Waals surface area contributed by atoms with Gasteiger partial charge in [0.2, 0.25) is 0 Å². The minimum Gasteiger partial charge on any atom is -0.391 e. The van der Waals surface area contributed by atoms with Gasteiger partial charge in [0.15, 0.2) is 0 Å². The summed E-state index contributed by atoms with van der Waals surface area (Å²) in [5, 5.41) is 13.3. The second-order valence-electron chi connectivity index (χ2n) is 5.89. The summed E-state index contributed by atoms with van der Waals surface area (Å²) in [5.41, 5.74) is 4.77. The van der Waals surface area contributed by atoms with Gasteiger partial charge in [0.05, 0.1) is 29.5 Å². The van der Waals surface area contributed by atoms with Crippen LogP contribution in [0.25, 0.3) is 11.0 Å². The maximum absolute atomic E-state index is 9.93. The van der Waals surface area contributed by atoms with Gasteiger partial charge in [-0.05, 0) is 50.4 Å². The van der Waals surface area contributed by atoms with Crippen LogP contribution in [0.1, 0.15) is 24.0 Å². The normalized spacial score (nSPS) is 23.2. The van der Waals surface area contributed by atoms with Gasteiger partial charge in [-0.2, -0.15) is 0 Å². The maximum atomic E-state index is 9.93. The average molecular weight is 285 g/mol. The first kappa shape index (κ1) is 14.3. The summed E-state index contributed by atoms with van der Waals surface area (Å²) >= 11 is 0. The Hall–Kier alpha value is -1.65. The quantitative estimate of drug-likeness (QED) is 0.851. The second-order valence-corrected chi connectivity index (χ2v) is 5.89. The zero-order chi connectivity index (χ0) is 14.8. The Morgan fingerprint density at radius 1 is 1.43 bits per heavy atom. The maximum Gasteiger partial charge on any atom is 0.0961 e. The standard InChI is InChI=1S/C17H23N3O/c1-12-7-8-15-17(13(12)2)19-11-20(15)10-4-5-14-16(21)6-3-9-18-14/h4-5,7-8,11,14,16,18,21H,3,6,9-10H2,1-2H3/b5-4+/t14-,16+/m1/s1. The molecule has 2 aromatic rings. The van der Waals surface area contributed by atoms with Gasteiger partial charge < -0.3 is 15.0 Å². The first-order valence-electron chi connectivity index (χ1n) is 7.66. The fourth-order valence-electron chi connectivity index (χ4n) is 2.93. The Morgan fingerprint density at radius 2 is 2.29 bits per heavy atom. The van der Waals surface area contributed by atoms with Gasteiger partial charge in [-0.3, -0.25) is 0 Å². The van der Waals surface area contributed by atoms with Crippen molar-refractivity contribution >= 4 is 11.0 Å². The third-order valence-corrected chi connectivity index (χ3v) is 4.43. The van der Waals surface area contributed by atoms with Gasteiger partial charge in [-0.15, -0.1) is 0 Å². The van der Waals surface area contributed by atoms with E-state index in [1.54, 1.807) is 0 Å². The summed E-state index contributed by atoms with van der Waals surface area (Å²) in [4.78, 5) is 4.52. The van der Waals surface area contributed by atoms with Crippen molar-refractivity contribution in [1.29, 1.82) is 0 Å². The van der Waals surface area contributed by atoms with Gasteiger partial charge in [0.25, 0.3) is 0 Å². The van der Waals surface area contributed by atoms with E-state index in [0.29, 0.717) is 0 Å². The lowest BCUT2D eigenvalue weighted by Gasteiger charge is -2.26. The Labute approximate surface area is 125 Å². The number of hydrogen-bond acceptors (Lipinski definition) is 3. The van der Waals surface area contributed by atoms with Crippen LogP contribution in [0.4, 0.5) is 0 Å². The molecule has 1 aromatic heterocycles. The SMILES string of the molecule is Cc1ccc2c(ncn2C/C=C/[C@H]2NCCC[C@@H]2O)c1C. The molecular weight excluding hydrogens is 262 g/mol. The van der Waals surface area contributed by atoms with Crippen LogP contribution in [0, 0.1) is 13.8 Å². The molecule has 0 spiro atoms. The van der Waals surface area contributed by atoms with E-state index in [4.69, 9.17) is 0 Å². The minimum atomic E-state index is -0.264. The highest BCUT2D eigenvalue weighted by molar-refractivity contribution is 5.80. The molecule has 2 heterocycles. The van der Waals surface area contributed by atoms with E-state index in [1.807, 2.05) is 6.33 Å². The van der Waals surface area contributed by atoms with Crippen LogP contribution in [0.5, 0.6) is 0 Å². The molecule has 0 bridgehead atoms. The minimum absolute atomic E-state index is 0.0810. The number of allylic oxidation sites excluding steroid dienone is 1. The molecule has 4 nitrogen and oxygen atoms in total. The molecule has 0 radical (unpaired) electrons. The van der Waals surface area contributed by atoms with Crippen LogP contribution in [-0.4, -0.2) is 33.3 Å². The van der Waals surface area contributed by atoms with E-state index in [-0.39, 0.29) is 12.1 Å². The zero-order valence-corrected chi connectivity index (χ0v) is 12.7.